The number of anilines is 2. The molecule has 3 aliphatic rings. The van der Waals surface area contributed by atoms with Crippen LogP contribution in [0.3, 0.4) is 0 Å². The van der Waals surface area contributed by atoms with Gasteiger partial charge in [-0.05, 0) is 60.2 Å². The van der Waals surface area contributed by atoms with Gasteiger partial charge in [-0.2, -0.15) is 0 Å². The summed E-state index contributed by atoms with van der Waals surface area (Å²) in [5.74, 6) is -0.343. The Morgan fingerprint density at radius 1 is 1.00 bits per heavy atom. The molecule has 0 fully saturated rings. The van der Waals surface area contributed by atoms with Crippen LogP contribution in [0.1, 0.15) is 24.0 Å². The SMILES string of the molecule is Fc1ccc(C2=CCN(CC3Nc4cc(F)cc5c4N3CCC5)CC2)cc1. The molecular weight excluding hydrogens is 344 g/mol. The number of benzene rings is 2. The van der Waals surface area contributed by atoms with Gasteiger partial charge < -0.3 is 10.2 Å². The molecule has 5 heteroatoms. The number of hydrogen-bond donors (Lipinski definition) is 1. The van der Waals surface area contributed by atoms with Gasteiger partial charge in [0.05, 0.1) is 11.4 Å². The van der Waals surface area contributed by atoms with Crippen LogP contribution in [0.25, 0.3) is 5.57 Å². The first-order valence-corrected chi connectivity index (χ1v) is 9.70. The summed E-state index contributed by atoms with van der Waals surface area (Å²) >= 11 is 0. The third-order valence-corrected chi connectivity index (χ3v) is 5.92. The van der Waals surface area contributed by atoms with E-state index >= 15 is 0 Å². The Morgan fingerprint density at radius 2 is 1.85 bits per heavy atom. The Bertz CT molecular complexity index is 891. The maximum atomic E-state index is 13.9. The minimum absolute atomic E-state index is 0.149. The van der Waals surface area contributed by atoms with Gasteiger partial charge in [-0.25, -0.2) is 8.78 Å². The van der Waals surface area contributed by atoms with Crippen molar-refractivity contribution in [1.82, 2.24) is 4.90 Å². The second-order valence-corrected chi connectivity index (χ2v) is 7.66. The van der Waals surface area contributed by atoms with Crippen LogP contribution >= 0.6 is 0 Å². The molecule has 5 rings (SSSR count). The highest BCUT2D eigenvalue weighted by Crippen LogP contribution is 2.42. The molecule has 140 valence electrons. The molecule has 3 heterocycles. The lowest BCUT2D eigenvalue weighted by Crippen LogP contribution is -2.47. The number of rotatable bonds is 3. The standard InChI is InChI=1S/C22H23F2N3/c23-18-5-3-15(4-6-18)16-7-10-26(11-8-16)14-21-25-20-13-19(24)12-17-2-1-9-27(21)22(17)20/h3-7,12-13,21,25H,1-2,8-11,14H2. The maximum Gasteiger partial charge on any atom is 0.125 e. The van der Waals surface area contributed by atoms with E-state index in [2.05, 4.69) is 21.2 Å². The summed E-state index contributed by atoms with van der Waals surface area (Å²) in [5, 5.41) is 3.54. The van der Waals surface area contributed by atoms with Crippen molar-refractivity contribution in [2.75, 3.05) is 36.4 Å². The normalized spacial score (nSPS) is 21.6. The fourth-order valence-electron chi connectivity index (χ4n) is 4.61. The second kappa shape index (κ2) is 6.64. The average molecular weight is 367 g/mol. The number of hydrogen-bond acceptors (Lipinski definition) is 3. The number of nitrogens with zero attached hydrogens (tertiary/aromatic N) is 2. The second-order valence-electron chi connectivity index (χ2n) is 7.66. The quantitative estimate of drug-likeness (QED) is 0.875. The maximum absolute atomic E-state index is 13.9. The molecule has 3 aliphatic heterocycles. The third kappa shape index (κ3) is 3.10. The van der Waals surface area contributed by atoms with Crippen LogP contribution in [0.15, 0.2) is 42.5 Å². The van der Waals surface area contributed by atoms with E-state index < -0.39 is 0 Å². The molecular formula is C22H23F2N3. The summed E-state index contributed by atoms with van der Waals surface area (Å²) in [4.78, 5) is 4.84. The first kappa shape index (κ1) is 16.8. The van der Waals surface area contributed by atoms with Crippen LogP contribution in [-0.4, -0.2) is 37.2 Å². The van der Waals surface area contributed by atoms with Crippen LogP contribution in [0, 0.1) is 11.6 Å². The summed E-state index contributed by atoms with van der Waals surface area (Å²) in [6, 6.07) is 10.1. The van der Waals surface area contributed by atoms with Gasteiger partial charge in [-0.3, -0.25) is 4.90 Å². The van der Waals surface area contributed by atoms with Crippen molar-refractivity contribution in [2.45, 2.75) is 25.4 Å². The average Bonchev–Trinajstić information content (AvgIpc) is 3.02. The summed E-state index contributed by atoms with van der Waals surface area (Å²) in [7, 11) is 0. The van der Waals surface area contributed by atoms with E-state index in [-0.39, 0.29) is 17.8 Å². The monoisotopic (exact) mass is 367 g/mol. The molecule has 27 heavy (non-hydrogen) atoms. The highest BCUT2D eigenvalue weighted by Gasteiger charge is 2.34. The number of aryl methyl sites for hydroxylation is 1. The molecule has 0 aromatic heterocycles. The van der Waals surface area contributed by atoms with Crippen LogP contribution in [0.5, 0.6) is 0 Å². The van der Waals surface area contributed by atoms with Gasteiger partial charge in [-0.1, -0.05) is 18.2 Å². The topological polar surface area (TPSA) is 18.5 Å². The minimum atomic E-state index is -0.194. The van der Waals surface area contributed by atoms with Gasteiger partial charge in [-0.15, -0.1) is 0 Å². The predicted octanol–water partition coefficient (Wildman–Crippen LogP) is 4.26. The lowest BCUT2D eigenvalue weighted by atomic mass is 9.99. The van der Waals surface area contributed by atoms with Gasteiger partial charge in [0.2, 0.25) is 0 Å². The molecule has 0 saturated carbocycles. The lowest BCUT2D eigenvalue weighted by molar-refractivity contribution is 0.286. The van der Waals surface area contributed by atoms with Gasteiger partial charge >= 0.3 is 0 Å². The molecule has 1 unspecified atom stereocenters. The first-order valence-electron chi connectivity index (χ1n) is 9.70. The van der Waals surface area contributed by atoms with Crippen LogP contribution < -0.4 is 10.2 Å². The number of halogens is 2. The summed E-state index contributed by atoms with van der Waals surface area (Å²) in [6.45, 7) is 3.79. The van der Waals surface area contributed by atoms with Crippen molar-refractivity contribution in [3.05, 3.63) is 65.2 Å². The van der Waals surface area contributed by atoms with Crippen molar-refractivity contribution in [3.63, 3.8) is 0 Å². The molecule has 2 aromatic rings. The van der Waals surface area contributed by atoms with E-state index in [1.165, 1.54) is 23.4 Å². The van der Waals surface area contributed by atoms with Crippen molar-refractivity contribution >= 4 is 16.9 Å². The highest BCUT2D eigenvalue weighted by atomic mass is 19.1. The Morgan fingerprint density at radius 3 is 2.63 bits per heavy atom. The van der Waals surface area contributed by atoms with Crippen molar-refractivity contribution in [2.24, 2.45) is 0 Å². The molecule has 0 aliphatic carbocycles. The Hall–Kier alpha value is -2.40. The zero-order valence-corrected chi connectivity index (χ0v) is 15.2. The fourth-order valence-corrected chi connectivity index (χ4v) is 4.61. The lowest BCUT2D eigenvalue weighted by Gasteiger charge is -2.35. The van der Waals surface area contributed by atoms with Crippen LogP contribution in [-0.2, 0) is 6.42 Å². The minimum Gasteiger partial charge on any atom is -0.362 e. The summed E-state index contributed by atoms with van der Waals surface area (Å²) in [6.07, 6.45) is 5.44. The highest BCUT2D eigenvalue weighted by molar-refractivity contribution is 5.80. The smallest absolute Gasteiger partial charge is 0.125 e. The molecule has 1 N–H and O–H groups in total. The fraction of sp³-hybridized carbons (Fsp3) is 0.364. The molecule has 0 bridgehead atoms. The van der Waals surface area contributed by atoms with E-state index in [4.69, 9.17) is 0 Å². The van der Waals surface area contributed by atoms with E-state index in [0.29, 0.717) is 0 Å². The van der Waals surface area contributed by atoms with Crippen LogP contribution in [0.2, 0.25) is 0 Å². The van der Waals surface area contributed by atoms with Gasteiger partial charge in [0.25, 0.3) is 0 Å². The van der Waals surface area contributed by atoms with Gasteiger partial charge in [0, 0.05) is 26.2 Å². The van der Waals surface area contributed by atoms with Gasteiger partial charge in [0.1, 0.15) is 17.8 Å². The largest absolute Gasteiger partial charge is 0.362 e. The zero-order valence-electron chi connectivity index (χ0n) is 15.2. The predicted molar refractivity (Wildman–Crippen MR) is 105 cm³/mol. The summed E-state index contributed by atoms with van der Waals surface area (Å²) < 4.78 is 27.0. The van der Waals surface area contributed by atoms with Crippen molar-refractivity contribution in [3.8, 4) is 0 Å². The molecule has 0 radical (unpaired) electrons. The molecule has 0 saturated heterocycles. The molecule has 3 nitrogen and oxygen atoms in total. The van der Waals surface area contributed by atoms with Crippen molar-refractivity contribution < 1.29 is 8.78 Å². The Kier molecular flexibility index (Phi) is 4.12. The molecule has 1 atom stereocenters. The summed E-state index contributed by atoms with van der Waals surface area (Å²) in [5.41, 5.74) is 5.67. The van der Waals surface area contributed by atoms with Crippen LogP contribution in [0.4, 0.5) is 20.2 Å². The molecule has 2 aromatic carbocycles. The van der Waals surface area contributed by atoms with E-state index in [9.17, 15) is 8.78 Å². The van der Waals surface area contributed by atoms with E-state index in [1.807, 2.05) is 12.1 Å². The van der Waals surface area contributed by atoms with E-state index in [0.717, 1.165) is 62.3 Å². The number of nitrogens with one attached hydrogen (secondary N) is 1. The van der Waals surface area contributed by atoms with Gasteiger partial charge in [0.15, 0.2) is 0 Å². The zero-order chi connectivity index (χ0) is 18.4. The first-order chi connectivity index (χ1) is 13.2. The van der Waals surface area contributed by atoms with E-state index in [1.54, 1.807) is 12.1 Å². The Labute approximate surface area is 158 Å². The molecule has 0 spiro atoms. The molecule has 0 amide bonds. The third-order valence-electron chi connectivity index (χ3n) is 5.92. The van der Waals surface area contributed by atoms with Crippen molar-refractivity contribution in [1.29, 1.82) is 0 Å². The Balaban J connectivity index is 1.29.